The van der Waals surface area contributed by atoms with E-state index in [-0.39, 0.29) is 6.10 Å². The third-order valence-electron chi connectivity index (χ3n) is 3.10. The van der Waals surface area contributed by atoms with E-state index in [1.54, 1.807) is 7.11 Å². The zero-order valence-corrected chi connectivity index (χ0v) is 10.9. The van der Waals surface area contributed by atoms with Crippen LogP contribution in [0.5, 0.6) is 11.5 Å². The lowest BCUT2D eigenvalue weighted by Crippen LogP contribution is -2.06. The zero-order chi connectivity index (χ0) is 12.8. The Balaban J connectivity index is 2.15. The predicted octanol–water partition coefficient (Wildman–Crippen LogP) is 2.27. The first-order valence-corrected chi connectivity index (χ1v) is 6.47. The van der Waals surface area contributed by atoms with Crippen molar-refractivity contribution in [3.05, 3.63) is 23.8 Å². The Labute approximate surface area is 108 Å². The Morgan fingerprint density at radius 1 is 1.28 bits per heavy atom. The van der Waals surface area contributed by atoms with E-state index in [2.05, 4.69) is 0 Å². The Kier molecular flexibility index (Phi) is 4.84. The van der Waals surface area contributed by atoms with Crippen molar-refractivity contribution in [2.45, 2.75) is 25.4 Å². The molecule has 18 heavy (non-hydrogen) atoms. The van der Waals surface area contributed by atoms with Gasteiger partial charge in [-0.05, 0) is 37.1 Å². The Morgan fingerprint density at radius 2 is 2.06 bits per heavy atom. The minimum absolute atomic E-state index is 0.0747. The first-order chi connectivity index (χ1) is 8.85. The monoisotopic (exact) mass is 251 g/mol. The van der Waals surface area contributed by atoms with Gasteiger partial charge in [0.1, 0.15) is 0 Å². The highest BCUT2D eigenvalue weighted by molar-refractivity contribution is 5.44. The number of ether oxygens (including phenoxy) is 3. The van der Waals surface area contributed by atoms with Crippen molar-refractivity contribution in [3.63, 3.8) is 0 Å². The Morgan fingerprint density at radius 3 is 2.78 bits per heavy atom. The van der Waals surface area contributed by atoms with E-state index in [9.17, 15) is 0 Å². The maximum absolute atomic E-state index is 5.68. The van der Waals surface area contributed by atoms with Crippen LogP contribution in [-0.2, 0) is 4.74 Å². The van der Waals surface area contributed by atoms with Crippen molar-refractivity contribution in [3.8, 4) is 11.5 Å². The van der Waals surface area contributed by atoms with Crippen LogP contribution in [0.2, 0.25) is 0 Å². The molecule has 2 rings (SSSR count). The highest BCUT2D eigenvalue weighted by Gasteiger charge is 2.15. The molecule has 1 aromatic carbocycles. The minimum Gasteiger partial charge on any atom is -0.490 e. The fourth-order valence-electron chi connectivity index (χ4n) is 2.10. The van der Waals surface area contributed by atoms with Gasteiger partial charge in [-0.3, -0.25) is 0 Å². The molecule has 1 aliphatic heterocycles. The van der Waals surface area contributed by atoms with Crippen LogP contribution in [0.4, 0.5) is 0 Å². The third kappa shape index (κ3) is 3.15. The maximum atomic E-state index is 5.68. The second-order valence-corrected chi connectivity index (χ2v) is 4.41. The molecule has 0 amide bonds. The molecule has 0 aromatic heterocycles. The van der Waals surface area contributed by atoms with Gasteiger partial charge < -0.3 is 19.9 Å². The largest absolute Gasteiger partial charge is 0.490 e. The molecule has 1 aromatic rings. The van der Waals surface area contributed by atoms with Crippen LogP contribution in [0.3, 0.4) is 0 Å². The highest BCUT2D eigenvalue weighted by Crippen LogP contribution is 2.34. The molecular weight excluding hydrogens is 230 g/mol. The summed E-state index contributed by atoms with van der Waals surface area (Å²) >= 11 is 0. The molecule has 4 nitrogen and oxygen atoms in total. The smallest absolute Gasteiger partial charge is 0.161 e. The molecule has 0 aliphatic carbocycles. The summed E-state index contributed by atoms with van der Waals surface area (Å²) < 4.78 is 16.8. The van der Waals surface area contributed by atoms with Gasteiger partial charge in [-0.2, -0.15) is 0 Å². The van der Waals surface area contributed by atoms with Gasteiger partial charge in [0.15, 0.2) is 11.5 Å². The number of benzene rings is 1. The van der Waals surface area contributed by atoms with Crippen molar-refractivity contribution in [2.75, 3.05) is 26.9 Å². The van der Waals surface area contributed by atoms with E-state index in [0.717, 1.165) is 36.3 Å². The summed E-state index contributed by atoms with van der Waals surface area (Å²) in [4.78, 5) is 0. The van der Waals surface area contributed by atoms with E-state index in [0.29, 0.717) is 19.8 Å². The van der Waals surface area contributed by atoms with Crippen molar-refractivity contribution in [1.29, 1.82) is 0 Å². The third-order valence-corrected chi connectivity index (χ3v) is 3.10. The Hall–Kier alpha value is -1.26. The molecule has 0 bridgehead atoms. The van der Waals surface area contributed by atoms with Gasteiger partial charge in [0, 0.05) is 13.5 Å². The van der Waals surface area contributed by atoms with Crippen LogP contribution in [0.15, 0.2) is 18.2 Å². The van der Waals surface area contributed by atoms with Gasteiger partial charge >= 0.3 is 0 Å². The van der Waals surface area contributed by atoms with Crippen molar-refractivity contribution < 1.29 is 14.2 Å². The summed E-state index contributed by atoms with van der Waals surface area (Å²) in [7, 11) is 1.73. The van der Waals surface area contributed by atoms with Crippen molar-refractivity contribution >= 4 is 0 Å². The summed E-state index contributed by atoms with van der Waals surface area (Å²) in [5.41, 5.74) is 6.66. The summed E-state index contributed by atoms with van der Waals surface area (Å²) in [5, 5.41) is 0. The lowest BCUT2D eigenvalue weighted by molar-refractivity contribution is 0.0941. The molecule has 2 N–H and O–H groups in total. The first kappa shape index (κ1) is 13.2. The normalized spacial score (nSPS) is 16.1. The lowest BCUT2D eigenvalue weighted by atomic mass is 10.0. The molecule has 4 heteroatoms. The zero-order valence-electron chi connectivity index (χ0n) is 10.9. The van der Waals surface area contributed by atoms with Crippen LogP contribution in [-0.4, -0.2) is 26.9 Å². The molecule has 100 valence electrons. The number of rotatable bonds is 5. The maximum Gasteiger partial charge on any atom is 0.161 e. The summed E-state index contributed by atoms with van der Waals surface area (Å²) in [6.07, 6.45) is 2.87. The fourth-order valence-corrected chi connectivity index (χ4v) is 2.10. The lowest BCUT2D eigenvalue weighted by Gasteiger charge is -2.17. The molecule has 0 saturated carbocycles. The topological polar surface area (TPSA) is 53.7 Å². The minimum atomic E-state index is 0.0747. The highest BCUT2D eigenvalue weighted by atomic mass is 16.5. The molecule has 0 fully saturated rings. The molecule has 0 spiro atoms. The number of hydrogen-bond acceptors (Lipinski definition) is 4. The number of fused-ring (bicyclic) bond motifs is 1. The van der Waals surface area contributed by atoms with Gasteiger partial charge in [-0.1, -0.05) is 6.07 Å². The average Bonchev–Trinajstić information content (AvgIpc) is 2.64. The van der Waals surface area contributed by atoms with Crippen molar-refractivity contribution in [2.24, 2.45) is 5.73 Å². The molecule has 1 atom stereocenters. The van der Waals surface area contributed by atoms with E-state index < -0.39 is 0 Å². The summed E-state index contributed by atoms with van der Waals surface area (Å²) in [6.45, 7) is 2.11. The van der Waals surface area contributed by atoms with Gasteiger partial charge in [-0.25, -0.2) is 0 Å². The van der Waals surface area contributed by atoms with Crippen LogP contribution in [0, 0.1) is 0 Å². The molecule has 1 unspecified atom stereocenters. The van der Waals surface area contributed by atoms with Crippen molar-refractivity contribution in [1.82, 2.24) is 0 Å². The van der Waals surface area contributed by atoms with Crippen LogP contribution in [0.1, 0.15) is 30.9 Å². The quantitative estimate of drug-likeness (QED) is 0.872. The van der Waals surface area contributed by atoms with E-state index in [1.165, 1.54) is 0 Å². The van der Waals surface area contributed by atoms with Gasteiger partial charge in [0.25, 0.3) is 0 Å². The molecule has 1 heterocycles. The van der Waals surface area contributed by atoms with E-state index >= 15 is 0 Å². The predicted molar refractivity (Wildman–Crippen MR) is 70.1 cm³/mol. The van der Waals surface area contributed by atoms with E-state index in [4.69, 9.17) is 19.9 Å². The van der Waals surface area contributed by atoms with Crippen LogP contribution < -0.4 is 15.2 Å². The molecule has 0 radical (unpaired) electrons. The molecule has 0 saturated heterocycles. The van der Waals surface area contributed by atoms with Crippen LogP contribution in [0.25, 0.3) is 0 Å². The van der Waals surface area contributed by atoms with Gasteiger partial charge in [-0.15, -0.1) is 0 Å². The SMILES string of the molecule is COC(CCCN)c1ccc2c(c1)OCCCO2. The second-order valence-electron chi connectivity index (χ2n) is 4.41. The standard InChI is InChI=1S/C14H21NO3/c1-16-12(4-2-7-15)11-5-6-13-14(10-11)18-9-3-8-17-13/h5-6,10,12H,2-4,7-9,15H2,1H3. The molecular formula is C14H21NO3. The first-order valence-electron chi connectivity index (χ1n) is 6.47. The van der Waals surface area contributed by atoms with Crippen LogP contribution >= 0.6 is 0 Å². The summed E-state index contributed by atoms with van der Waals surface area (Å²) in [6, 6.07) is 6.02. The fraction of sp³-hybridized carbons (Fsp3) is 0.571. The van der Waals surface area contributed by atoms with Gasteiger partial charge in [0.05, 0.1) is 19.3 Å². The Bertz CT molecular complexity index is 381. The number of hydrogen-bond donors (Lipinski definition) is 1. The van der Waals surface area contributed by atoms with Gasteiger partial charge in [0.2, 0.25) is 0 Å². The number of nitrogens with two attached hydrogens (primary N) is 1. The number of methoxy groups -OCH3 is 1. The van der Waals surface area contributed by atoms with E-state index in [1.807, 2.05) is 18.2 Å². The summed E-state index contributed by atoms with van der Waals surface area (Å²) in [5.74, 6) is 1.64. The molecule has 1 aliphatic rings. The second kappa shape index (κ2) is 6.61. The average molecular weight is 251 g/mol.